The Morgan fingerprint density at radius 2 is 2.00 bits per heavy atom. The van der Waals surface area contributed by atoms with Crippen LogP contribution in [0.1, 0.15) is 5.69 Å². The first-order valence-corrected chi connectivity index (χ1v) is 8.66. The molecule has 0 aliphatic carbocycles. The number of anilines is 1. The summed E-state index contributed by atoms with van der Waals surface area (Å²) < 4.78 is 3.68. The number of hydrogen-bond acceptors (Lipinski definition) is 4. The van der Waals surface area contributed by atoms with Gasteiger partial charge in [-0.05, 0) is 20.2 Å². The van der Waals surface area contributed by atoms with E-state index in [1.165, 1.54) is 0 Å². The highest BCUT2D eigenvalue weighted by atomic mass is 16.2. The lowest BCUT2D eigenvalue weighted by molar-refractivity contribution is 0.252. The molecule has 2 N–H and O–H groups in total. The monoisotopic (exact) mass is 355 g/mol. The van der Waals surface area contributed by atoms with E-state index in [0.717, 1.165) is 29.7 Å². The maximum Gasteiger partial charge on any atom is 0.320 e. The van der Waals surface area contributed by atoms with Crippen molar-refractivity contribution in [3.8, 4) is 0 Å². The van der Waals surface area contributed by atoms with Gasteiger partial charge in [0.25, 0.3) is 0 Å². The van der Waals surface area contributed by atoms with Gasteiger partial charge in [0, 0.05) is 44.2 Å². The first kappa shape index (κ1) is 17.9. The minimum absolute atomic E-state index is 0.261. The van der Waals surface area contributed by atoms with Gasteiger partial charge in [0.15, 0.2) is 5.82 Å². The molecular weight excluding hydrogens is 330 g/mol. The molecule has 8 nitrogen and oxygen atoms in total. The fourth-order valence-electron chi connectivity index (χ4n) is 2.78. The predicted molar refractivity (Wildman–Crippen MR) is 102 cm³/mol. The summed E-state index contributed by atoms with van der Waals surface area (Å²) in [6.45, 7) is 2.18. The molecule has 0 aliphatic heterocycles. The second-order valence-electron chi connectivity index (χ2n) is 6.49. The van der Waals surface area contributed by atoms with Gasteiger partial charge in [0.2, 0.25) is 0 Å². The van der Waals surface area contributed by atoms with E-state index in [2.05, 4.69) is 31.8 Å². The minimum atomic E-state index is -0.261. The maximum absolute atomic E-state index is 12.0. The van der Waals surface area contributed by atoms with Crippen molar-refractivity contribution in [2.75, 3.05) is 32.5 Å². The number of hydrogen-bond donors (Lipinski definition) is 2. The number of rotatable bonds is 7. The van der Waals surface area contributed by atoms with Crippen molar-refractivity contribution in [1.29, 1.82) is 0 Å². The number of amides is 2. The van der Waals surface area contributed by atoms with Crippen LogP contribution in [0, 0.1) is 0 Å². The van der Waals surface area contributed by atoms with E-state index in [9.17, 15) is 4.79 Å². The summed E-state index contributed by atoms with van der Waals surface area (Å²) in [6.07, 6.45) is 2.53. The number of carbonyl (C=O) groups excluding carboxylic acids is 1. The molecule has 2 aromatic heterocycles. The van der Waals surface area contributed by atoms with Crippen molar-refractivity contribution in [2.24, 2.45) is 7.05 Å². The Bertz CT molecular complexity index is 881. The number of carbonyl (C=O) groups is 1. The summed E-state index contributed by atoms with van der Waals surface area (Å²) in [5.74, 6) is 0.546. The lowest BCUT2D eigenvalue weighted by atomic mass is 10.2. The van der Waals surface area contributed by atoms with Gasteiger partial charge >= 0.3 is 6.03 Å². The number of nitrogens with one attached hydrogen (secondary N) is 2. The summed E-state index contributed by atoms with van der Waals surface area (Å²) in [6, 6.07) is 9.62. The standard InChI is InChI=1S/C18H25N7O/c1-23(2)12-13-25-11-9-17(22-25)20-18(26)19-10-8-15-14-6-4-5-7-16(14)24(3)21-15/h4-7,9,11H,8,10,12-13H2,1-3H3,(H2,19,20,22,26). The molecule has 0 spiro atoms. The quantitative estimate of drug-likeness (QED) is 0.676. The first-order valence-electron chi connectivity index (χ1n) is 8.66. The zero-order valence-electron chi connectivity index (χ0n) is 15.4. The van der Waals surface area contributed by atoms with Crippen LogP contribution < -0.4 is 10.6 Å². The number of likely N-dealkylation sites (N-methyl/N-ethyl adjacent to an activating group) is 1. The Morgan fingerprint density at radius 1 is 1.19 bits per heavy atom. The molecular formula is C18H25N7O. The van der Waals surface area contributed by atoms with Crippen LogP contribution in [0.5, 0.6) is 0 Å². The largest absolute Gasteiger partial charge is 0.337 e. The zero-order valence-corrected chi connectivity index (χ0v) is 15.4. The molecule has 0 radical (unpaired) electrons. The van der Waals surface area contributed by atoms with Gasteiger partial charge in [-0.2, -0.15) is 10.2 Å². The minimum Gasteiger partial charge on any atom is -0.337 e. The van der Waals surface area contributed by atoms with Gasteiger partial charge in [0.1, 0.15) is 0 Å². The molecule has 2 amide bonds. The third kappa shape index (κ3) is 4.40. The molecule has 0 saturated heterocycles. The van der Waals surface area contributed by atoms with Gasteiger partial charge in [-0.1, -0.05) is 18.2 Å². The molecule has 138 valence electrons. The normalized spacial score (nSPS) is 11.2. The molecule has 0 aliphatic rings. The predicted octanol–water partition coefficient (Wildman–Crippen LogP) is 1.70. The summed E-state index contributed by atoms with van der Waals surface area (Å²) in [5, 5.41) is 15.6. The Morgan fingerprint density at radius 3 is 2.81 bits per heavy atom. The van der Waals surface area contributed by atoms with Crippen LogP contribution in [0.2, 0.25) is 0 Å². The van der Waals surface area contributed by atoms with Crippen molar-refractivity contribution < 1.29 is 4.79 Å². The number of aryl methyl sites for hydroxylation is 1. The maximum atomic E-state index is 12.0. The number of aromatic nitrogens is 4. The molecule has 2 heterocycles. The molecule has 0 atom stereocenters. The first-order chi connectivity index (χ1) is 12.5. The summed E-state index contributed by atoms with van der Waals surface area (Å²) in [4.78, 5) is 14.1. The van der Waals surface area contributed by atoms with Crippen molar-refractivity contribution >= 4 is 22.8 Å². The van der Waals surface area contributed by atoms with E-state index in [-0.39, 0.29) is 6.03 Å². The number of urea groups is 1. The third-order valence-electron chi connectivity index (χ3n) is 4.14. The molecule has 0 fully saturated rings. The van der Waals surface area contributed by atoms with E-state index >= 15 is 0 Å². The number of benzene rings is 1. The van der Waals surface area contributed by atoms with Crippen LogP contribution in [-0.4, -0.2) is 57.7 Å². The Hall–Kier alpha value is -2.87. The lowest BCUT2D eigenvalue weighted by Gasteiger charge is -2.08. The highest BCUT2D eigenvalue weighted by Gasteiger charge is 2.09. The average Bonchev–Trinajstić information content (AvgIpc) is 3.18. The number of fused-ring (bicyclic) bond motifs is 1. The van der Waals surface area contributed by atoms with Gasteiger partial charge in [-0.25, -0.2) is 4.79 Å². The number of nitrogens with zero attached hydrogens (tertiary/aromatic N) is 5. The van der Waals surface area contributed by atoms with Crippen LogP contribution >= 0.6 is 0 Å². The van der Waals surface area contributed by atoms with Crippen LogP contribution in [0.3, 0.4) is 0 Å². The molecule has 1 aromatic carbocycles. The van der Waals surface area contributed by atoms with Gasteiger partial charge in [-0.3, -0.25) is 14.7 Å². The lowest BCUT2D eigenvalue weighted by Crippen LogP contribution is -2.30. The topological polar surface area (TPSA) is 80.0 Å². The third-order valence-corrected chi connectivity index (χ3v) is 4.14. The summed E-state index contributed by atoms with van der Waals surface area (Å²) in [5.41, 5.74) is 2.08. The van der Waals surface area contributed by atoms with Crippen molar-refractivity contribution in [1.82, 2.24) is 29.8 Å². The van der Waals surface area contributed by atoms with Gasteiger partial charge in [-0.15, -0.1) is 0 Å². The SMILES string of the molecule is CN(C)CCn1ccc(NC(=O)NCCc2nn(C)c3ccccc23)n1. The fourth-order valence-corrected chi connectivity index (χ4v) is 2.78. The summed E-state index contributed by atoms with van der Waals surface area (Å²) in [7, 11) is 5.96. The van der Waals surface area contributed by atoms with E-state index in [4.69, 9.17) is 0 Å². The van der Waals surface area contributed by atoms with E-state index in [0.29, 0.717) is 18.8 Å². The Balaban J connectivity index is 1.48. The Labute approximate surface area is 152 Å². The van der Waals surface area contributed by atoms with E-state index < -0.39 is 0 Å². The molecule has 0 bridgehead atoms. The van der Waals surface area contributed by atoms with Crippen molar-refractivity contribution in [3.63, 3.8) is 0 Å². The van der Waals surface area contributed by atoms with Crippen molar-refractivity contribution in [2.45, 2.75) is 13.0 Å². The second kappa shape index (κ2) is 8.01. The fraction of sp³-hybridized carbons (Fsp3) is 0.389. The molecule has 0 saturated carbocycles. The highest BCUT2D eigenvalue weighted by molar-refractivity contribution is 5.88. The second-order valence-corrected chi connectivity index (χ2v) is 6.49. The van der Waals surface area contributed by atoms with Crippen molar-refractivity contribution in [3.05, 3.63) is 42.2 Å². The highest BCUT2D eigenvalue weighted by Crippen LogP contribution is 2.17. The van der Waals surface area contributed by atoms with Crippen LogP contribution in [0.15, 0.2) is 36.5 Å². The van der Waals surface area contributed by atoms with E-state index in [1.54, 1.807) is 6.07 Å². The Kier molecular flexibility index (Phi) is 5.52. The van der Waals surface area contributed by atoms with E-state index in [1.807, 2.05) is 54.9 Å². The number of para-hydroxylation sites is 1. The zero-order chi connectivity index (χ0) is 18.5. The van der Waals surface area contributed by atoms with Gasteiger partial charge < -0.3 is 10.2 Å². The molecule has 3 aromatic rings. The van der Waals surface area contributed by atoms with Crippen LogP contribution in [0.4, 0.5) is 10.6 Å². The van der Waals surface area contributed by atoms with Gasteiger partial charge in [0.05, 0.1) is 17.8 Å². The smallest absolute Gasteiger partial charge is 0.320 e. The molecule has 8 heteroatoms. The molecule has 26 heavy (non-hydrogen) atoms. The molecule has 3 rings (SSSR count). The van der Waals surface area contributed by atoms with Crippen LogP contribution in [-0.2, 0) is 20.0 Å². The molecule has 0 unspecified atom stereocenters. The van der Waals surface area contributed by atoms with Crippen LogP contribution in [0.25, 0.3) is 10.9 Å². The summed E-state index contributed by atoms with van der Waals surface area (Å²) >= 11 is 0. The average molecular weight is 355 g/mol.